The molecule has 1 atom stereocenters. The molecule has 31 heavy (non-hydrogen) atoms. The number of ketones is 1. The van der Waals surface area contributed by atoms with Crippen molar-refractivity contribution in [3.8, 4) is 0 Å². The Bertz CT molecular complexity index is 1180. The summed E-state index contributed by atoms with van der Waals surface area (Å²) >= 11 is 0. The van der Waals surface area contributed by atoms with Crippen LogP contribution >= 0.6 is 0 Å². The van der Waals surface area contributed by atoms with Gasteiger partial charge in [0.1, 0.15) is 5.65 Å². The molecule has 1 amide bonds. The lowest BCUT2D eigenvalue weighted by molar-refractivity contribution is -0.137. The molecule has 0 aliphatic carbocycles. The van der Waals surface area contributed by atoms with Crippen molar-refractivity contribution in [2.45, 2.75) is 38.6 Å². The molecule has 3 aromatic rings. The average molecular weight is 425 g/mol. The molecule has 10 nitrogen and oxygen atoms in total. The minimum atomic E-state index is -1.03. The van der Waals surface area contributed by atoms with Crippen molar-refractivity contribution < 1.29 is 19.5 Å². The van der Waals surface area contributed by atoms with Crippen LogP contribution in [0.4, 0.5) is 5.95 Å². The van der Waals surface area contributed by atoms with E-state index in [0.717, 1.165) is 11.1 Å². The standard InChI is InChI=1S/C21H23N5O5/c1-11(27)15(8-9-16(28)29)24-19(30)13-5-2-12(3-6-13)4-7-14-10-23-18-17(14)20(31)26-21(22)25-18/h2-3,5-6,10,15H,4,7-9H2,1H3,(H,24,30)(H,28,29)(H4,22,23,25,26,31)/t15-/m0/s1. The number of carboxylic acids is 1. The molecule has 6 N–H and O–H groups in total. The molecule has 3 rings (SSSR count). The van der Waals surface area contributed by atoms with Crippen LogP contribution in [0.25, 0.3) is 11.0 Å². The number of amides is 1. The van der Waals surface area contributed by atoms with E-state index in [9.17, 15) is 19.2 Å². The molecule has 0 spiro atoms. The first-order chi connectivity index (χ1) is 14.7. The number of fused-ring (bicyclic) bond motifs is 1. The monoisotopic (exact) mass is 425 g/mol. The van der Waals surface area contributed by atoms with Gasteiger partial charge < -0.3 is 21.1 Å². The van der Waals surface area contributed by atoms with Gasteiger partial charge in [0, 0.05) is 18.2 Å². The second-order valence-electron chi connectivity index (χ2n) is 7.25. The van der Waals surface area contributed by atoms with Gasteiger partial charge in [0.05, 0.1) is 11.4 Å². The third-order valence-corrected chi connectivity index (χ3v) is 4.98. The highest BCUT2D eigenvalue weighted by molar-refractivity contribution is 5.97. The Kier molecular flexibility index (Phi) is 6.49. The van der Waals surface area contributed by atoms with Crippen molar-refractivity contribution in [3.05, 3.63) is 57.5 Å². The van der Waals surface area contributed by atoms with Gasteiger partial charge in [-0.15, -0.1) is 0 Å². The fraction of sp³-hybridized carbons (Fsp3) is 0.286. The Balaban J connectivity index is 1.64. The minimum absolute atomic E-state index is 0.0404. The fourth-order valence-electron chi connectivity index (χ4n) is 3.31. The van der Waals surface area contributed by atoms with Crippen molar-refractivity contribution >= 4 is 34.6 Å². The summed E-state index contributed by atoms with van der Waals surface area (Å²) in [7, 11) is 0. The minimum Gasteiger partial charge on any atom is -0.481 e. The first-order valence-electron chi connectivity index (χ1n) is 9.72. The lowest BCUT2D eigenvalue weighted by Crippen LogP contribution is -2.40. The number of benzene rings is 1. The topological polar surface area (TPSA) is 171 Å². The number of aliphatic carboxylic acids is 1. The molecule has 0 unspecified atom stereocenters. The van der Waals surface area contributed by atoms with E-state index in [4.69, 9.17) is 10.8 Å². The van der Waals surface area contributed by atoms with Gasteiger partial charge in [-0.3, -0.25) is 24.2 Å². The van der Waals surface area contributed by atoms with Gasteiger partial charge in [-0.2, -0.15) is 4.98 Å². The Labute approximate surface area is 176 Å². The lowest BCUT2D eigenvalue weighted by atomic mass is 10.0. The van der Waals surface area contributed by atoms with Crippen LogP contribution in [0, 0.1) is 0 Å². The smallest absolute Gasteiger partial charge is 0.303 e. The van der Waals surface area contributed by atoms with Crippen LogP contribution in [0.2, 0.25) is 0 Å². The summed E-state index contributed by atoms with van der Waals surface area (Å²) in [5.41, 5.74) is 7.83. The number of anilines is 1. The normalized spacial score (nSPS) is 11.9. The number of H-pyrrole nitrogens is 2. The number of aromatic nitrogens is 3. The maximum atomic E-state index is 12.4. The summed E-state index contributed by atoms with van der Waals surface area (Å²) in [6.45, 7) is 1.32. The second-order valence-corrected chi connectivity index (χ2v) is 7.25. The number of nitrogen functional groups attached to an aromatic ring is 1. The molecular weight excluding hydrogens is 402 g/mol. The summed E-state index contributed by atoms with van der Waals surface area (Å²) < 4.78 is 0. The zero-order valence-corrected chi connectivity index (χ0v) is 16.9. The number of nitrogens with zero attached hydrogens (tertiary/aromatic N) is 1. The maximum absolute atomic E-state index is 12.4. The number of carboxylic acid groups (broad SMARTS) is 1. The number of nitrogens with one attached hydrogen (secondary N) is 3. The predicted octanol–water partition coefficient (Wildman–Crippen LogP) is 1.17. The third kappa shape index (κ3) is 5.35. The van der Waals surface area contributed by atoms with E-state index in [2.05, 4.69) is 20.3 Å². The fourth-order valence-corrected chi connectivity index (χ4v) is 3.31. The highest BCUT2D eigenvalue weighted by Crippen LogP contribution is 2.16. The number of hydrogen-bond acceptors (Lipinski definition) is 6. The number of hydrogen-bond donors (Lipinski definition) is 5. The van der Waals surface area contributed by atoms with Crippen molar-refractivity contribution in [2.24, 2.45) is 0 Å². The summed E-state index contributed by atoms with van der Waals surface area (Å²) in [5.74, 6) is -1.71. The summed E-state index contributed by atoms with van der Waals surface area (Å²) in [6, 6.07) is 6.03. The van der Waals surface area contributed by atoms with E-state index < -0.39 is 17.9 Å². The van der Waals surface area contributed by atoms with Crippen molar-refractivity contribution in [1.29, 1.82) is 0 Å². The highest BCUT2D eigenvalue weighted by Gasteiger charge is 2.19. The van der Waals surface area contributed by atoms with Crippen LogP contribution < -0.4 is 16.6 Å². The van der Waals surface area contributed by atoms with E-state index in [0.29, 0.717) is 29.4 Å². The molecule has 2 aromatic heterocycles. The van der Waals surface area contributed by atoms with Crippen LogP contribution in [0.1, 0.15) is 41.3 Å². The van der Waals surface area contributed by atoms with Gasteiger partial charge in [0.2, 0.25) is 5.95 Å². The Morgan fingerprint density at radius 2 is 1.90 bits per heavy atom. The van der Waals surface area contributed by atoms with Crippen LogP contribution in [0.15, 0.2) is 35.3 Å². The molecule has 0 bridgehead atoms. The zero-order chi connectivity index (χ0) is 22.5. The average Bonchev–Trinajstić information content (AvgIpc) is 3.12. The van der Waals surface area contributed by atoms with E-state index in [-0.39, 0.29) is 30.1 Å². The molecule has 0 saturated heterocycles. The number of nitrogens with two attached hydrogens (primary N) is 1. The molecule has 1 aromatic carbocycles. The Morgan fingerprint density at radius 3 is 2.55 bits per heavy atom. The van der Waals surface area contributed by atoms with Crippen molar-refractivity contribution in [3.63, 3.8) is 0 Å². The first kappa shape index (κ1) is 21.8. The predicted molar refractivity (Wildman–Crippen MR) is 114 cm³/mol. The molecule has 162 valence electrons. The Morgan fingerprint density at radius 1 is 1.19 bits per heavy atom. The Hall–Kier alpha value is -3.95. The van der Waals surface area contributed by atoms with Gasteiger partial charge in [0.15, 0.2) is 5.78 Å². The third-order valence-electron chi connectivity index (χ3n) is 4.98. The van der Waals surface area contributed by atoms with Crippen LogP contribution in [-0.4, -0.2) is 43.8 Å². The molecule has 10 heteroatoms. The van der Waals surface area contributed by atoms with E-state index in [1.807, 2.05) is 0 Å². The molecule has 2 heterocycles. The van der Waals surface area contributed by atoms with Gasteiger partial charge >= 0.3 is 5.97 Å². The molecule has 0 radical (unpaired) electrons. The summed E-state index contributed by atoms with van der Waals surface area (Å²) in [4.78, 5) is 56.4. The van der Waals surface area contributed by atoms with E-state index in [1.54, 1.807) is 30.5 Å². The summed E-state index contributed by atoms with van der Waals surface area (Å²) in [6.07, 6.45) is 2.78. The number of rotatable bonds is 9. The zero-order valence-electron chi connectivity index (χ0n) is 16.9. The first-order valence-corrected chi connectivity index (χ1v) is 9.72. The number of aromatic amines is 2. The van der Waals surface area contributed by atoms with Crippen molar-refractivity contribution in [2.75, 3.05) is 5.73 Å². The van der Waals surface area contributed by atoms with E-state index >= 15 is 0 Å². The SMILES string of the molecule is CC(=O)[C@H](CCC(=O)O)NC(=O)c1ccc(CCc2c[nH]c3nc(N)[nH]c(=O)c23)cc1. The van der Waals surface area contributed by atoms with Crippen LogP contribution in [0.3, 0.4) is 0 Å². The lowest BCUT2D eigenvalue weighted by Gasteiger charge is -2.15. The molecule has 0 fully saturated rings. The molecule has 0 saturated carbocycles. The summed E-state index contributed by atoms with van der Waals surface area (Å²) in [5, 5.41) is 11.8. The number of carbonyl (C=O) groups is 3. The molecule has 0 aliphatic rings. The van der Waals surface area contributed by atoms with Gasteiger partial charge in [-0.1, -0.05) is 12.1 Å². The van der Waals surface area contributed by atoms with Gasteiger partial charge in [-0.05, 0) is 49.4 Å². The number of Topliss-reactive ketones (excluding diaryl/α,β-unsaturated/α-hetero) is 1. The van der Waals surface area contributed by atoms with E-state index in [1.165, 1.54) is 6.92 Å². The quantitative estimate of drug-likeness (QED) is 0.342. The number of aryl methyl sites for hydroxylation is 2. The molecular formula is C21H23N5O5. The van der Waals surface area contributed by atoms with Crippen LogP contribution in [-0.2, 0) is 22.4 Å². The van der Waals surface area contributed by atoms with Gasteiger partial charge in [-0.25, -0.2) is 0 Å². The van der Waals surface area contributed by atoms with Gasteiger partial charge in [0.25, 0.3) is 11.5 Å². The van der Waals surface area contributed by atoms with Crippen LogP contribution in [0.5, 0.6) is 0 Å². The largest absolute Gasteiger partial charge is 0.481 e. The highest BCUT2D eigenvalue weighted by atomic mass is 16.4. The number of carbonyl (C=O) groups excluding carboxylic acids is 2. The maximum Gasteiger partial charge on any atom is 0.303 e. The molecule has 0 aliphatic heterocycles. The van der Waals surface area contributed by atoms with Crippen molar-refractivity contribution in [1.82, 2.24) is 20.3 Å². The second kappa shape index (κ2) is 9.24.